The summed E-state index contributed by atoms with van der Waals surface area (Å²) in [5.41, 5.74) is -0.491. The third kappa shape index (κ3) is 3.58. The second-order valence-corrected chi connectivity index (χ2v) is 1.37. The number of rotatable bonds is 1. The smallest absolute Gasteiger partial charge is 0.287 e. The molecule has 0 saturated heterocycles. The number of hydrogen-bond donors (Lipinski definition) is 0. The maximum Gasteiger partial charge on any atom is 0.287 e. The Morgan fingerprint density at radius 3 is 2.50 bits per heavy atom. The third-order valence-corrected chi connectivity index (χ3v) is 0.304. The maximum absolute atomic E-state index is 7.68. The fraction of sp³-hybridized carbons (Fsp3) is 0.667. The van der Waals surface area contributed by atoms with E-state index < -0.39 is 5.56 Å². The highest BCUT2D eigenvalue weighted by molar-refractivity contribution is 6.19. The van der Waals surface area contributed by atoms with Crippen LogP contribution in [0.15, 0.2) is 0 Å². The normalized spacial score (nSPS) is 12.2. The van der Waals surface area contributed by atoms with E-state index in [2.05, 4.69) is 4.74 Å². The highest BCUT2D eigenvalue weighted by Gasteiger charge is 1.87. The molecule has 0 aromatic heterocycles. The van der Waals surface area contributed by atoms with E-state index in [9.17, 15) is 0 Å². The summed E-state index contributed by atoms with van der Waals surface area (Å²) >= 11 is 5.13. The number of hydrogen-bond acceptors (Lipinski definition) is 2. The van der Waals surface area contributed by atoms with Gasteiger partial charge in [0.2, 0.25) is 0 Å². The molecule has 34 valence electrons. The molecule has 0 fully saturated rings. The lowest BCUT2D eigenvalue weighted by Crippen LogP contribution is -1.89. The van der Waals surface area contributed by atoms with Crippen LogP contribution in [0.2, 0.25) is 0 Å². The van der Waals surface area contributed by atoms with Crippen LogP contribution in [0.5, 0.6) is 0 Å². The molecule has 0 rings (SSSR count). The second kappa shape index (κ2) is 2.80. The maximum atomic E-state index is 7.68. The first-order valence-electron chi connectivity index (χ1n) is 1.46. The van der Waals surface area contributed by atoms with Crippen molar-refractivity contribution >= 4 is 11.6 Å². The SMILES string of the molecule is CC(Cl)OC#N. The van der Waals surface area contributed by atoms with Gasteiger partial charge in [0.05, 0.1) is 0 Å². The van der Waals surface area contributed by atoms with Gasteiger partial charge in [-0.25, -0.2) is 0 Å². The van der Waals surface area contributed by atoms with Crippen molar-refractivity contribution in [3.63, 3.8) is 0 Å². The Hall–Kier alpha value is -0.420. The van der Waals surface area contributed by atoms with Gasteiger partial charge in [0.15, 0.2) is 5.56 Å². The lowest BCUT2D eigenvalue weighted by Gasteiger charge is -1.90. The minimum absolute atomic E-state index is 0.491. The van der Waals surface area contributed by atoms with E-state index in [1.807, 2.05) is 0 Å². The summed E-state index contributed by atoms with van der Waals surface area (Å²) in [7, 11) is 0. The van der Waals surface area contributed by atoms with E-state index in [0.717, 1.165) is 0 Å². The monoisotopic (exact) mass is 105 g/mol. The molecule has 0 aliphatic heterocycles. The minimum atomic E-state index is -0.491. The number of nitriles is 1. The molecular formula is C3H4ClNO. The van der Waals surface area contributed by atoms with Crippen LogP contribution in [0.3, 0.4) is 0 Å². The Morgan fingerprint density at radius 2 is 2.50 bits per heavy atom. The van der Waals surface area contributed by atoms with Crippen molar-refractivity contribution in [1.29, 1.82) is 5.26 Å². The van der Waals surface area contributed by atoms with Crippen LogP contribution in [0.1, 0.15) is 6.92 Å². The highest BCUT2D eigenvalue weighted by Crippen LogP contribution is 1.91. The lowest BCUT2D eigenvalue weighted by molar-refractivity contribution is 0.253. The Bertz CT molecular complexity index is 65.7. The lowest BCUT2D eigenvalue weighted by atomic mass is 10.9. The average molecular weight is 106 g/mol. The molecule has 0 amide bonds. The molecule has 1 unspecified atom stereocenters. The van der Waals surface area contributed by atoms with Crippen LogP contribution >= 0.6 is 11.6 Å². The van der Waals surface area contributed by atoms with Gasteiger partial charge in [0, 0.05) is 0 Å². The van der Waals surface area contributed by atoms with Gasteiger partial charge in [0.25, 0.3) is 6.26 Å². The largest absolute Gasteiger partial charge is 0.408 e. The number of nitrogens with zero attached hydrogens (tertiary/aromatic N) is 1. The fourth-order valence-electron chi connectivity index (χ4n) is 0.0726. The van der Waals surface area contributed by atoms with E-state index >= 15 is 0 Å². The van der Waals surface area contributed by atoms with Crippen molar-refractivity contribution in [3.05, 3.63) is 0 Å². The van der Waals surface area contributed by atoms with Crippen LogP contribution in [0.25, 0.3) is 0 Å². The summed E-state index contributed by atoms with van der Waals surface area (Å²) < 4.78 is 4.11. The van der Waals surface area contributed by atoms with Crippen molar-refractivity contribution < 1.29 is 4.74 Å². The molecule has 0 saturated carbocycles. The molecular weight excluding hydrogens is 101 g/mol. The van der Waals surface area contributed by atoms with Crippen molar-refractivity contribution in [2.45, 2.75) is 12.5 Å². The topological polar surface area (TPSA) is 33.0 Å². The predicted molar refractivity (Wildman–Crippen MR) is 22.0 cm³/mol. The molecule has 0 aromatic rings. The molecule has 2 nitrogen and oxygen atoms in total. The fourth-order valence-corrected chi connectivity index (χ4v) is 0.112. The van der Waals surface area contributed by atoms with Gasteiger partial charge in [-0.2, -0.15) is 5.26 Å². The van der Waals surface area contributed by atoms with Crippen LogP contribution in [-0.4, -0.2) is 5.56 Å². The molecule has 0 radical (unpaired) electrons. The number of ether oxygens (including phenoxy) is 1. The van der Waals surface area contributed by atoms with E-state index in [1.54, 1.807) is 6.92 Å². The summed E-state index contributed by atoms with van der Waals surface area (Å²) in [4.78, 5) is 0. The summed E-state index contributed by atoms with van der Waals surface area (Å²) in [6, 6.07) is 0. The van der Waals surface area contributed by atoms with Gasteiger partial charge in [-0.3, -0.25) is 0 Å². The molecule has 0 N–H and O–H groups in total. The summed E-state index contributed by atoms with van der Waals surface area (Å²) in [5, 5.41) is 7.68. The zero-order valence-electron chi connectivity index (χ0n) is 3.31. The Balaban J connectivity index is 2.88. The molecule has 6 heavy (non-hydrogen) atoms. The molecule has 0 spiro atoms. The summed E-state index contributed by atoms with van der Waals surface area (Å²) in [6.45, 7) is 1.57. The number of halogens is 1. The first-order valence-corrected chi connectivity index (χ1v) is 1.90. The Kier molecular flexibility index (Phi) is 2.60. The molecule has 3 heteroatoms. The van der Waals surface area contributed by atoms with Gasteiger partial charge in [0.1, 0.15) is 0 Å². The van der Waals surface area contributed by atoms with E-state index in [1.165, 1.54) is 6.26 Å². The minimum Gasteiger partial charge on any atom is -0.408 e. The van der Waals surface area contributed by atoms with E-state index in [-0.39, 0.29) is 0 Å². The van der Waals surface area contributed by atoms with Crippen molar-refractivity contribution in [3.8, 4) is 6.26 Å². The van der Waals surface area contributed by atoms with Gasteiger partial charge in [-0.05, 0) is 6.92 Å². The molecule has 0 heterocycles. The number of alkyl halides is 1. The van der Waals surface area contributed by atoms with Gasteiger partial charge in [-0.15, -0.1) is 0 Å². The molecule has 0 aliphatic carbocycles. The zero-order chi connectivity index (χ0) is 4.99. The predicted octanol–water partition coefficient (Wildman–Crippen LogP) is 1.07. The Labute approximate surface area is 41.3 Å². The highest BCUT2D eigenvalue weighted by atomic mass is 35.5. The average Bonchev–Trinajstić information content (AvgIpc) is 1.35. The van der Waals surface area contributed by atoms with Crippen molar-refractivity contribution in [2.75, 3.05) is 0 Å². The van der Waals surface area contributed by atoms with Crippen molar-refractivity contribution in [1.82, 2.24) is 0 Å². The molecule has 0 aromatic carbocycles. The first-order chi connectivity index (χ1) is 2.77. The van der Waals surface area contributed by atoms with Crippen LogP contribution < -0.4 is 0 Å². The van der Waals surface area contributed by atoms with Crippen LogP contribution in [-0.2, 0) is 4.74 Å². The van der Waals surface area contributed by atoms with E-state index in [4.69, 9.17) is 16.9 Å². The van der Waals surface area contributed by atoms with Gasteiger partial charge < -0.3 is 4.74 Å². The standard InChI is InChI=1S/C3H4ClNO/c1-3(4)6-2-5/h3H,1H3. The van der Waals surface area contributed by atoms with Crippen LogP contribution in [0, 0.1) is 11.5 Å². The molecule has 0 bridgehead atoms. The first kappa shape index (κ1) is 5.58. The summed E-state index contributed by atoms with van der Waals surface area (Å²) in [5.74, 6) is 0. The quantitative estimate of drug-likeness (QED) is 0.369. The third-order valence-electron chi connectivity index (χ3n) is 0.215. The van der Waals surface area contributed by atoms with Gasteiger partial charge in [-0.1, -0.05) is 11.6 Å². The van der Waals surface area contributed by atoms with Crippen LogP contribution in [0.4, 0.5) is 0 Å². The second-order valence-electron chi connectivity index (χ2n) is 0.752. The molecule has 0 aliphatic rings. The molecule has 1 atom stereocenters. The zero-order valence-corrected chi connectivity index (χ0v) is 4.07. The Morgan fingerprint density at radius 1 is 2.00 bits per heavy atom. The van der Waals surface area contributed by atoms with Gasteiger partial charge >= 0.3 is 0 Å². The van der Waals surface area contributed by atoms with E-state index in [0.29, 0.717) is 0 Å². The summed E-state index contributed by atoms with van der Waals surface area (Å²) in [6.07, 6.45) is 1.44. The van der Waals surface area contributed by atoms with Crippen molar-refractivity contribution in [2.24, 2.45) is 0 Å².